The fourth-order valence-electron chi connectivity index (χ4n) is 2.98. The molecular weight excluding hydrogens is 232 g/mol. The van der Waals surface area contributed by atoms with Gasteiger partial charge in [-0.15, -0.1) is 0 Å². The van der Waals surface area contributed by atoms with Crippen molar-refractivity contribution in [3.8, 4) is 0 Å². The SMILES string of the molecule is CCCNC(c1cccc2cccnc12)C1CCC1. The Morgan fingerprint density at radius 1 is 1.26 bits per heavy atom. The van der Waals surface area contributed by atoms with Gasteiger partial charge in [0.15, 0.2) is 0 Å². The van der Waals surface area contributed by atoms with Gasteiger partial charge in [0.1, 0.15) is 0 Å². The van der Waals surface area contributed by atoms with Crippen molar-refractivity contribution in [1.82, 2.24) is 10.3 Å². The van der Waals surface area contributed by atoms with Gasteiger partial charge in [0.2, 0.25) is 0 Å². The number of hydrogen-bond acceptors (Lipinski definition) is 2. The molecule has 1 fully saturated rings. The van der Waals surface area contributed by atoms with Crippen LogP contribution < -0.4 is 5.32 Å². The lowest BCUT2D eigenvalue weighted by molar-refractivity contribution is 0.232. The highest BCUT2D eigenvalue weighted by molar-refractivity contribution is 5.82. The zero-order valence-corrected chi connectivity index (χ0v) is 11.6. The number of benzene rings is 1. The van der Waals surface area contributed by atoms with Gasteiger partial charge in [-0.05, 0) is 43.4 Å². The molecule has 1 heterocycles. The Morgan fingerprint density at radius 2 is 2.11 bits per heavy atom. The molecule has 1 N–H and O–H groups in total. The molecule has 2 nitrogen and oxygen atoms in total. The second-order valence-corrected chi connectivity index (χ2v) is 5.55. The molecule has 100 valence electrons. The van der Waals surface area contributed by atoms with Gasteiger partial charge in [0.05, 0.1) is 5.52 Å². The molecule has 1 saturated carbocycles. The van der Waals surface area contributed by atoms with Crippen LogP contribution in [0.25, 0.3) is 10.9 Å². The Morgan fingerprint density at radius 3 is 2.84 bits per heavy atom. The van der Waals surface area contributed by atoms with Crippen LogP contribution in [0.2, 0.25) is 0 Å². The van der Waals surface area contributed by atoms with Crippen molar-refractivity contribution in [3.63, 3.8) is 0 Å². The van der Waals surface area contributed by atoms with Crippen molar-refractivity contribution in [1.29, 1.82) is 0 Å². The maximum atomic E-state index is 4.61. The molecule has 2 heteroatoms. The minimum Gasteiger partial charge on any atom is -0.310 e. The molecule has 1 aliphatic rings. The minimum atomic E-state index is 0.479. The van der Waals surface area contributed by atoms with Crippen LogP contribution in [0, 0.1) is 5.92 Å². The molecule has 0 saturated heterocycles. The summed E-state index contributed by atoms with van der Waals surface area (Å²) in [6.45, 7) is 3.32. The number of fused-ring (bicyclic) bond motifs is 1. The fraction of sp³-hybridized carbons (Fsp3) is 0.471. The van der Waals surface area contributed by atoms with Gasteiger partial charge in [-0.3, -0.25) is 4.98 Å². The smallest absolute Gasteiger partial charge is 0.0749 e. The summed E-state index contributed by atoms with van der Waals surface area (Å²) < 4.78 is 0. The van der Waals surface area contributed by atoms with Crippen molar-refractivity contribution in [2.75, 3.05) is 6.54 Å². The van der Waals surface area contributed by atoms with E-state index < -0.39 is 0 Å². The summed E-state index contributed by atoms with van der Waals surface area (Å²) in [5.41, 5.74) is 2.56. The van der Waals surface area contributed by atoms with Gasteiger partial charge in [-0.25, -0.2) is 0 Å². The molecule has 2 aromatic rings. The number of aromatic nitrogens is 1. The minimum absolute atomic E-state index is 0.479. The maximum Gasteiger partial charge on any atom is 0.0749 e. The Labute approximate surface area is 115 Å². The largest absolute Gasteiger partial charge is 0.310 e. The van der Waals surface area contributed by atoms with Crippen LogP contribution in [-0.4, -0.2) is 11.5 Å². The standard InChI is InChI=1S/C17H22N2/c1-2-11-18-16(13-6-3-7-13)15-10-4-8-14-9-5-12-19-17(14)15/h4-5,8-10,12-13,16,18H,2-3,6-7,11H2,1H3. The van der Waals surface area contributed by atoms with Gasteiger partial charge in [-0.1, -0.05) is 37.6 Å². The number of hydrogen-bond donors (Lipinski definition) is 1. The lowest BCUT2D eigenvalue weighted by Crippen LogP contribution is -2.32. The van der Waals surface area contributed by atoms with Crippen molar-refractivity contribution in [3.05, 3.63) is 42.1 Å². The molecular formula is C17H22N2. The van der Waals surface area contributed by atoms with Crippen molar-refractivity contribution in [2.24, 2.45) is 5.92 Å². The molecule has 0 amide bonds. The first kappa shape index (κ1) is 12.6. The van der Waals surface area contributed by atoms with E-state index in [1.54, 1.807) is 0 Å². The third-order valence-electron chi connectivity index (χ3n) is 4.23. The van der Waals surface area contributed by atoms with Gasteiger partial charge in [0, 0.05) is 17.6 Å². The van der Waals surface area contributed by atoms with E-state index in [1.807, 2.05) is 12.3 Å². The Hall–Kier alpha value is -1.41. The first-order valence-electron chi connectivity index (χ1n) is 7.47. The fourth-order valence-corrected chi connectivity index (χ4v) is 2.98. The number of pyridine rings is 1. The lowest BCUT2D eigenvalue weighted by Gasteiger charge is -2.35. The lowest BCUT2D eigenvalue weighted by atomic mass is 9.76. The van der Waals surface area contributed by atoms with E-state index in [0.717, 1.165) is 12.5 Å². The molecule has 19 heavy (non-hydrogen) atoms. The average Bonchev–Trinajstić information content (AvgIpc) is 2.41. The summed E-state index contributed by atoms with van der Waals surface area (Å²) in [5.74, 6) is 0.791. The van der Waals surface area contributed by atoms with Crippen LogP contribution in [0.1, 0.15) is 44.2 Å². The van der Waals surface area contributed by atoms with Crippen LogP contribution in [0.5, 0.6) is 0 Å². The molecule has 1 aliphatic carbocycles. The van der Waals surface area contributed by atoms with E-state index in [-0.39, 0.29) is 0 Å². The molecule has 1 atom stereocenters. The first-order chi connectivity index (χ1) is 9.40. The molecule has 3 rings (SSSR count). The van der Waals surface area contributed by atoms with E-state index in [0.29, 0.717) is 6.04 Å². The number of nitrogens with zero attached hydrogens (tertiary/aromatic N) is 1. The van der Waals surface area contributed by atoms with E-state index in [9.17, 15) is 0 Å². The van der Waals surface area contributed by atoms with Crippen molar-refractivity contribution < 1.29 is 0 Å². The second kappa shape index (κ2) is 5.70. The summed E-state index contributed by atoms with van der Waals surface area (Å²) in [6.07, 6.45) is 7.17. The van der Waals surface area contributed by atoms with E-state index >= 15 is 0 Å². The van der Waals surface area contributed by atoms with Gasteiger partial charge in [0.25, 0.3) is 0 Å². The highest BCUT2D eigenvalue weighted by Crippen LogP contribution is 2.39. The predicted molar refractivity (Wildman–Crippen MR) is 80.1 cm³/mol. The summed E-state index contributed by atoms with van der Waals surface area (Å²) in [6, 6.07) is 11.2. The summed E-state index contributed by atoms with van der Waals surface area (Å²) in [5, 5.41) is 4.99. The van der Waals surface area contributed by atoms with Crippen molar-refractivity contribution >= 4 is 10.9 Å². The molecule has 1 aromatic carbocycles. The number of para-hydroxylation sites is 1. The van der Waals surface area contributed by atoms with Crippen LogP contribution in [0.3, 0.4) is 0 Å². The Balaban J connectivity index is 1.98. The average molecular weight is 254 g/mol. The molecule has 1 unspecified atom stereocenters. The highest BCUT2D eigenvalue weighted by atomic mass is 14.9. The number of rotatable bonds is 5. The molecule has 0 bridgehead atoms. The monoisotopic (exact) mass is 254 g/mol. The topological polar surface area (TPSA) is 24.9 Å². The van der Waals surface area contributed by atoms with Gasteiger partial charge >= 0.3 is 0 Å². The van der Waals surface area contributed by atoms with Crippen LogP contribution >= 0.6 is 0 Å². The quantitative estimate of drug-likeness (QED) is 0.869. The Bertz CT molecular complexity index is 540. The first-order valence-corrected chi connectivity index (χ1v) is 7.47. The van der Waals surface area contributed by atoms with Crippen LogP contribution in [-0.2, 0) is 0 Å². The van der Waals surface area contributed by atoms with Gasteiger partial charge in [-0.2, -0.15) is 0 Å². The van der Waals surface area contributed by atoms with E-state index in [1.165, 1.54) is 42.1 Å². The maximum absolute atomic E-state index is 4.61. The third-order valence-corrected chi connectivity index (χ3v) is 4.23. The molecule has 1 aromatic heterocycles. The van der Waals surface area contributed by atoms with Crippen LogP contribution in [0.15, 0.2) is 36.5 Å². The van der Waals surface area contributed by atoms with Gasteiger partial charge < -0.3 is 5.32 Å². The normalized spacial score (nSPS) is 17.3. The summed E-state index contributed by atoms with van der Waals surface area (Å²) in [4.78, 5) is 4.61. The predicted octanol–water partition coefficient (Wildman–Crippen LogP) is 4.08. The zero-order chi connectivity index (χ0) is 13.1. The highest BCUT2D eigenvalue weighted by Gasteiger charge is 2.29. The number of nitrogens with one attached hydrogen (secondary N) is 1. The van der Waals surface area contributed by atoms with Crippen LogP contribution in [0.4, 0.5) is 0 Å². The summed E-state index contributed by atoms with van der Waals surface area (Å²) >= 11 is 0. The molecule has 0 aliphatic heterocycles. The Kier molecular flexibility index (Phi) is 3.79. The second-order valence-electron chi connectivity index (χ2n) is 5.55. The molecule has 0 radical (unpaired) electrons. The van der Waals surface area contributed by atoms with Crippen molar-refractivity contribution in [2.45, 2.75) is 38.6 Å². The van der Waals surface area contributed by atoms with E-state index in [2.05, 4.69) is 41.5 Å². The zero-order valence-electron chi connectivity index (χ0n) is 11.6. The molecule has 0 spiro atoms. The van der Waals surface area contributed by atoms with E-state index in [4.69, 9.17) is 0 Å². The third kappa shape index (κ3) is 2.50. The summed E-state index contributed by atoms with van der Waals surface area (Å²) in [7, 11) is 0.